The highest BCUT2D eigenvalue weighted by atomic mass is 19.4. The van der Waals surface area contributed by atoms with Crippen LogP contribution in [0.3, 0.4) is 0 Å². The summed E-state index contributed by atoms with van der Waals surface area (Å²) in [4.78, 5) is 19.1. The lowest BCUT2D eigenvalue weighted by molar-refractivity contribution is -0.272. The van der Waals surface area contributed by atoms with Crippen LogP contribution < -0.4 is 10.1 Å². The largest absolute Gasteiger partial charge is 0.489 e. The number of alkyl halides is 3. The third kappa shape index (κ3) is 5.55. The summed E-state index contributed by atoms with van der Waals surface area (Å²) >= 11 is 0. The normalized spacial score (nSPS) is 26.7. The topological polar surface area (TPSA) is 72.9 Å². The molecular weight excluding hydrogens is 501 g/mol. The van der Waals surface area contributed by atoms with Gasteiger partial charge in [0, 0.05) is 43.2 Å². The Balaban J connectivity index is 1.67. The van der Waals surface area contributed by atoms with Crippen molar-refractivity contribution in [1.82, 2.24) is 9.88 Å². The molecule has 0 aliphatic carbocycles. The number of hydrogen-bond acceptors (Lipinski definition) is 6. The Morgan fingerprint density at radius 2 is 1.97 bits per heavy atom. The summed E-state index contributed by atoms with van der Waals surface area (Å²) in [7, 11) is 0. The number of carbonyl (C=O) groups is 1. The van der Waals surface area contributed by atoms with Crippen LogP contribution in [0.1, 0.15) is 25.3 Å². The number of carbonyl (C=O) groups excluding carboxylic acids is 1. The first kappa shape index (κ1) is 27.2. The van der Waals surface area contributed by atoms with E-state index < -0.39 is 53.0 Å². The maximum absolute atomic E-state index is 15.0. The molecule has 1 amide bonds. The molecule has 0 saturated carbocycles. The van der Waals surface area contributed by atoms with Crippen molar-refractivity contribution in [3.63, 3.8) is 0 Å². The number of anilines is 1. The van der Waals surface area contributed by atoms with Crippen molar-refractivity contribution >= 4 is 11.6 Å². The van der Waals surface area contributed by atoms with Crippen molar-refractivity contribution in [2.45, 2.75) is 37.6 Å². The van der Waals surface area contributed by atoms with Gasteiger partial charge in [-0.05, 0) is 25.1 Å². The molecule has 0 unspecified atom stereocenters. The minimum absolute atomic E-state index is 0.0432. The fourth-order valence-electron chi connectivity index (χ4n) is 4.73. The number of rotatable bonds is 7. The average Bonchev–Trinajstić information content (AvgIpc) is 3.15. The Morgan fingerprint density at radius 3 is 2.62 bits per heavy atom. The van der Waals surface area contributed by atoms with E-state index in [-0.39, 0.29) is 17.9 Å². The monoisotopic (exact) mass is 529 g/mol. The van der Waals surface area contributed by atoms with Gasteiger partial charge in [0.25, 0.3) is 5.91 Å². The van der Waals surface area contributed by atoms with Crippen LogP contribution in [0.25, 0.3) is 0 Å². The number of aromatic nitrogens is 1. The van der Waals surface area contributed by atoms with Crippen LogP contribution in [0.15, 0.2) is 36.7 Å². The second-order valence-corrected chi connectivity index (χ2v) is 9.27. The summed E-state index contributed by atoms with van der Waals surface area (Å²) in [6.45, 7) is 4.78. The second kappa shape index (κ2) is 10.9. The number of pyridine rings is 1. The molecule has 12 heteroatoms. The zero-order valence-electron chi connectivity index (χ0n) is 20.4. The van der Waals surface area contributed by atoms with Gasteiger partial charge in [0.1, 0.15) is 12.7 Å². The van der Waals surface area contributed by atoms with Crippen molar-refractivity contribution in [2.75, 3.05) is 44.8 Å². The maximum atomic E-state index is 15.0. The first-order chi connectivity index (χ1) is 17.5. The highest BCUT2D eigenvalue weighted by Crippen LogP contribution is 2.55. The average molecular weight is 530 g/mol. The molecule has 1 aromatic heterocycles. The fraction of sp³-hybridized carbons (Fsp3) is 0.520. The molecule has 1 N–H and O–H groups in total. The van der Waals surface area contributed by atoms with E-state index in [2.05, 4.69) is 10.3 Å². The lowest BCUT2D eigenvalue weighted by atomic mass is 9.77. The van der Waals surface area contributed by atoms with E-state index in [1.54, 1.807) is 6.07 Å². The Kier molecular flexibility index (Phi) is 8.00. The minimum atomic E-state index is -4.84. The van der Waals surface area contributed by atoms with E-state index in [1.165, 1.54) is 25.4 Å². The summed E-state index contributed by atoms with van der Waals surface area (Å²) in [6, 6.07) is 5.02. The third-order valence-corrected chi connectivity index (χ3v) is 7.05. The molecule has 202 valence electrons. The Morgan fingerprint density at radius 1 is 1.24 bits per heavy atom. The molecule has 2 saturated heterocycles. The van der Waals surface area contributed by atoms with Gasteiger partial charge in [0.15, 0.2) is 17.2 Å². The molecule has 37 heavy (non-hydrogen) atoms. The molecule has 2 aliphatic heterocycles. The van der Waals surface area contributed by atoms with E-state index in [4.69, 9.17) is 14.2 Å². The van der Waals surface area contributed by atoms with Gasteiger partial charge in [-0.25, -0.2) is 4.39 Å². The van der Waals surface area contributed by atoms with Crippen molar-refractivity contribution in [2.24, 2.45) is 5.92 Å². The zero-order chi connectivity index (χ0) is 26.8. The Hall–Kier alpha value is -2.83. The van der Waals surface area contributed by atoms with E-state index >= 15 is 4.39 Å². The van der Waals surface area contributed by atoms with Gasteiger partial charge < -0.3 is 19.5 Å². The third-order valence-electron chi connectivity index (χ3n) is 7.05. The van der Waals surface area contributed by atoms with Crippen LogP contribution in [-0.4, -0.2) is 73.1 Å². The Labute approximate surface area is 210 Å². The summed E-state index contributed by atoms with van der Waals surface area (Å²) in [6.07, 6.45) is -3.72. The highest BCUT2D eigenvalue weighted by molar-refractivity contribution is 5.95. The molecule has 4 rings (SSSR count). The molecule has 0 radical (unpaired) electrons. The quantitative estimate of drug-likeness (QED) is 0.544. The van der Waals surface area contributed by atoms with Gasteiger partial charge in [-0.15, -0.1) is 0 Å². The minimum Gasteiger partial charge on any atom is -0.489 e. The number of ether oxygens (including phenoxy) is 3. The molecule has 2 fully saturated rings. The molecule has 0 spiro atoms. The smallest absolute Gasteiger partial charge is 0.417 e. The molecule has 2 aromatic rings. The lowest BCUT2D eigenvalue weighted by Gasteiger charge is -2.32. The zero-order valence-corrected chi connectivity index (χ0v) is 20.4. The van der Waals surface area contributed by atoms with Crippen molar-refractivity contribution < 1.29 is 41.0 Å². The molecule has 1 aromatic carbocycles. The lowest BCUT2D eigenvalue weighted by Crippen LogP contribution is -2.47. The Bertz CT molecular complexity index is 1100. The summed E-state index contributed by atoms with van der Waals surface area (Å²) in [5.74, 6) is -6.59. The van der Waals surface area contributed by atoms with Gasteiger partial charge >= 0.3 is 6.18 Å². The van der Waals surface area contributed by atoms with Gasteiger partial charge in [0.05, 0.1) is 25.1 Å². The molecule has 3 heterocycles. The van der Waals surface area contributed by atoms with Gasteiger partial charge in [-0.1, -0.05) is 13.0 Å². The molecule has 2 aliphatic rings. The first-order valence-electron chi connectivity index (χ1n) is 11.9. The van der Waals surface area contributed by atoms with Gasteiger partial charge in [-0.3, -0.25) is 14.7 Å². The standard InChI is InChI=1S/C25H28F5N3O4/c1-15-19(17-5-6-18(26)20(27)21(17)36-13-10-33-8-11-35-12-9-33)22(37-24(15,2)25(28,29)30)23(34)32-16-4-3-7-31-14-16/h3-7,14-15,19,22H,8-13H2,1-2H3,(H,32,34)/t15-,19-,22+,24+/m0/s1. The number of amides is 1. The summed E-state index contributed by atoms with van der Waals surface area (Å²) < 4.78 is 88.0. The molecule has 4 atom stereocenters. The summed E-state index contributed by atoms with van der Waals surface area (Å²) in [5.41, 5.74) is -2.56. The van der Waals surface area contributed by atoms with E-state index in [0.29, 0.717) is 32.8 Å². The maximum Gasteiger partial charge on any atom is 0.417 e. The number of nitrogens with one attached hydrogen (secondary N) is 1. The number of morpholine rings is 1. The number of hydrogen-bond donors (Lipinski definition) is 1. The fourth-order valence-corrected chi connectivity index (χ4v) is 4.73. The molecular formula is C25H28F5N3O4. The summed E-state index contributed by atoms with van der Waals surface area (Å²) in [5, 5.41) is 2.50. The van der Waals surface area contributed by atoms with Gasteiger partial charge in [-0.2, -0.15) is 17.6 Å². The van der Waals surface area contributed by atoms with Crippen LogP contribution in [0.5, 0.6) is 5.75 Å². The first-order valence-corrected chi connectivity index (χ1v) is 11.9. The van der Waals surface area contributed by atoms with Crippen LogP contribution in [-0.2, 0) is 14.3 Å². The molecule has 0 bridgehead atoms. The van der Waals surface area contributed by atoms with Crippen LogP contribution in [0, 0.1) is 17.6 Å². The number of benzene rings is 1. The van der Waals surface area contributed by atoms with Crippen LogP contribution in [0.2, 0.25) is 0 Å². The highest BCUT2D eigenvalue weighted by Gasteiger charge is 2.66. The van der Waals surface area contributed by atoms with E-state index in [9.17, 15) is 22.4 Å². The van der Waals surface area contributed by atoms with Crippen molar-refractivity contribution in [3.8, 4) is 5.75 Å². The number of halogens is 5. The van der Waals surface area contributed by atoms with Crippen molar-refractivity contribution in [3.05, 3.63) is 53.9 Å². The van der Waals surface area contributed by atoms with E-state index in [1.807, 2.05) is 4.90 Å². The number of nitrogens with zero attached hydrogens (tertiary/aromatic N) is 2. The van der Waals surface area contributed by atoms with Crippen LogP contribution >= 0.6 is 0 Å². The second-order valence-electron chi connectivity index (χ2n) is 9.27. The molecule has 7 nitrogen and oxygen atoms in total. The van der Waals surface area contributed by atoms with Gasteiger partial charge in [0.2, 0.25) is 5.82 Å². The van der Waals surface area contributed by atoms with Crippen molar-refractivity contribution in [1.29, 1.82) is 0 Å². The van der Waals surface area contributed by atoms with E-state index in [0.717, 1.165) is 19.1 Å². The SMILES string of the molecule is C[C@H]1[C@@H](c2ccc(F)c(F)c2OCCN2CCOCC2)[C@H](C(=O)Nc2cccnc2)O[C@@]1(C)C(F)(F)F. The van der Waals surface area contributed by atoms with Crippen LogP contribution in [0.4, 0.5) is 27.6 Å². The predicted octanol–water partition coefficient (Wildman–Crippen LogP) is 4.15. The predicted molar refractivity (Wildman–Crippen MR) is 123 cm³/mol.